The van der Waals surface area contributed by atoms with Gasteiger partial charge in [-0.2, -0.15) is 0 Å². The number of hydrogen-bond donors (Lipinski definition) is 0. The maximum atomic E-state index is 11.7. The molecule has 0 bridgehead atoms. The molecule has 1 aliphatic rings. The second-order valence-electron chi connectivity index (χ2n) is 6.42. The van der Waals surface area contributed by atoms with E-state index < -0.39 is 35.4 Å². The average Bonchev–Trinajstić information content (AvgIpc) is 2.49. The molecule has 3 rings (SSSR count). The highest BCUT2D eigenvalue weighted by atomic mass is 16.6. The minimum atomic E-state index is -0.964. The zero-order chi connectivity index (χ0) is 18.4. The van der Waals surface area contributed by atoms with Gasteiger partial charge in [0.05, 0.1) is 5.56 Å². The molecule has 2 heterocycles. The zero-order valence-corrected chi connectivity index (χ0v) is 14.3. The summed E-state index contributed by atoms with van der Waals surface area (Å²) in [7, 11) is 0. The molecule has 0 radical (unpaired) electrons. The van der Waals surface area contributed by atoms with Gasteiger partial charge in [0.1, 0.15) is 16.9 Å². The van der Waals surface area contributed by atoms with Crippen LogP contribution in [0.4, 0.5) is 0 Å². The van der Waals surface area contributed by atoms with Gasteiger partial charge in [-0.1, -0.05) is 0 Å². The Morgan fingerprint density at radius 3 is 2.32 bits per heavy atom. The maximum absolute atomic E-state index is 11.7. The number of carbonyl (C=O) groups is 2. The Hall–Kier alpha value is -2.83. The van der Waals surface area contributed by atoms with Gasteiger partial charge in [0.15, 0.2) is 12.2 Å². The van der Waals surface area contributed by atoms with Gasteiger partial charge in [0.25, 0.3) is 0 Å². The van der Waals surface area contributed by atoms with Crippen molar-refractivity contribution in [3.05, 3.63) is 40.2 Å². The summed E-state index contributed by atoms with van der Waals surface area (Å²) in [5, 5.41) is 0.639. The number of rotatable bonds is 2. The van der Waals surface area contributed by atoms with Gasteiger partial charge >= 0.3 is 17.6 Å². The van der Waals surface area contributed by atoms with Crippen molar-refractivity contribution >= 4 is 22.9 Å². The van der Waals surface area contributed by atoms with Gasteiger partial charge in [0.2, 0.25) is 0 Å². The highest BCUT2D eigenvalue weighted by molar-refractivity contribution is 5.83. The van der Waals surface area contributed by atoms with E-state index in [4.69, 9.17) is 18.6 Å². The molecule has 0 saturated carbocycles. The summed E-state index contributed by atoms with van der Waals surface area (Å²) in [5.41, 5.74) is -0.891. The number of benzene rings is 1. The zero-order valence-electron chi connectivity index (χ0n) is 14.3. The molecule has 1 aromatic carbocycles. The number of hydrogen-bond acceptors (Lipinski definition) is 7. The maximum Gasteiger partial charge on any atom is 0.336 e. The van der Waals surface area contributed by atoms with E-state index in [1.165, 1.54) is 19.9 Å². The number of esters is 2. The van der Waals surface area contributed by atoms with Crippen molar-refractivity contribution in [3.63, 3.8) is 0 Å². The first-order chi connectivity index (χ1) is 11.7. The van der Waals surface area contributed by atoms with Crippen LogP contribution in [0, 0.1) is 0 Å². The van der Waals surface area contributed by atoms with Crippen molar-refractivity contribution < 1.29 is 28.2 Å². The van der Waals surface area contributed by atoms with Crippen LogP contribution in [0.5, 0.6) is 5.75 Å². The van der Waals surface area contributed by atoms with Gasteiger partial charge < -0.3 is 18.6 Å². The van der Waals surface area contributed by atoms with Crippen LogP contribution in [0.2, 0.25) is 0 Å². The van der Waals surface area contributed by atoms with E-state index in [-0.39, 0.29) is 5.58 Å². The Balaban J connectivity index is 2.28. The van der Waals surface area contributed by atoms with Crippen LogP contribution in [0.25, 0.3) is 11.0 Å². The number of fused-ring (bicyclic) bond motifs is 3. The van der Waals surface area contributed by atoms with Gasteiger partial charge in [-0.15, -0.1) is 0 Å². The Kier molecular flexibility index (Phi) is 4.02. The van der Waals surface area contributed by atoms with Crippen LogP contribution in [-0.2, 0) is 19.1 Å². The van der Waals surface area contributed by atoms with Gasteiger partial charge in [-0.05, 0) is 32.0 Å². The van der Waals surface area contributed by atoms with Crippen LogP contribution in [0.1, 0.15) is 39.4 Å². The highest BCUT2D eigenvalue weighted by Gasteiger charge is 2.49. The third-order valence-corrected chi connectivity index (χ3v) is 3.99. The molecule has 7 heteroatoms. The van der Waals surface area contributed by atoms with E-state index in [1.807, 2.05) is 0 Å². The molecule has 25 heavy (non-hydrogen) atoms. The molecule has 0 aliphatic carbocycles. The topological polar surface area (TPSA) is 92.0 Å². The third-order valence-electron chi connectivity index (χ3n) is 3.99. The molecule has 2 aromatic rings. The second-order valence-corrected chi connectivity index (χ2v) is 6.42. The van der Waals surface area contributed by atoms with Crippen LogP contribution >= 0.6 is 0 Å². The van der Waals surface area contributed by atoms with Crippen molar-refractivity contribution in [3.8, 4) is 5.75 Å². The summed E-state index contributed by atoms with van der Waals surface area (Å²) in [6.45, 7) is 5.98. The first-order valence-electron chi connectivity index (χ1n) is 7.79. The standard InChI is InChI=1S/C18H18O7/c1-9(19)22-16-14-12(25-18(3,4)17(16)23-10(2)20)7-5-11-6-8-13(21)24-15(11)14/h5-8,16-17H,1-4H3/t16-,17-/m1/s1. The van der Waals surface area contributed by atoms with E-state index in [2.05, 4.69) is 0 Å². The Bertz CT molecular complexity index is 909. The van der Waals surface area contributed by atoms with E-state index in [0.29, 0.717) is 16.7 Å². The molecule has 0 fully saturated rings. The number of ether oxygens (including phenoxy) is 3. The van der Waals surface area contributed by atoms with Crippen molar-refractivity contribution in [1.82, 2.24) is 0 Å². The minimum absolute atomic E-state index is 0.240. The average molecular weight is 346 g/mol. The van der Waals surface area contributed by atoms with Crippen molar-refractivity contribution in [1.29, 1.82) is 0 Å². The first kappa shape index (κ1) is 17.0. The summed E-state index contributed by atoms with van der Waals surface area (Å²) >= 11 is 0. The van der Waals surface area contributed by atoms with E-state index in [9.17, 15) is 14.4 Å². The summed E-state index contributed by atoms with van der Waals surface area (Å²) in [6.07, 6.45) is -1.87. The van der Waals surface area contributed by atoms with E-state index in [0.717, 1.165) is 0 Å². The predicted octanol–water partition coefficient (Wildman–Crippen LogP) is 2.50. The fourth-order valence-electron chi connectivity index (χ4n) is 3.03. The molecule has 1 aromatic heterocycles. The SMILES string of the molecule is CC(=O)O[C@@H]1c2c(ccc3ccc(=O)oc23)OC(C)(C)[C@@H]1OC(C)=O. The molecular weight excluding hydrogens is 328 g/mol. The molecule has 0 unspecified atom stereocenters. The van der Waals surface area contributed by atoms with Gasteiger partial charge in [-0.25, -0.2) is 4.79 Å². The lowest BCUT2D eigenvalue weighted by Gasteiger charge is -2.43. The lowest BCUT2D eigenvalue weighted by molar-refractivity contribution is -0.187. The summed E-state index contributed by atoms with van der Waals surface area (Å²) in [6, 6.07) is 6.35. The summed E-state index contributed by atoms with van der Waals surface area (Å²) < 4.78 is 22.1. The smallest absolute Gasteiger partial charge is 0.336 e. The van der Waals surface area contributed by atoms with Crippen LogP contribution in [-0.4, -0.2) is 23.6 Å². The first-order valence-corrected chi connectivity index (χ1v) is 7.79. The highest BCUT2D eigenvalue weighted by Crippen LogP contribution is 2.46. The third kappa shape index (κ3) is 3.09. The Morgan fingerprint density at radius 1 is 1.04 bits per heavy atom. The fraction of sp³-hybridized carbons (Fsp3) is 0.389. The largest absolute Gasteiger partial charge is 0.483 e. The lowest BCUT2D eigenvalue weighted by Crippen LogP contribution is -2.52. The molecule has 1 aliphatic heterocycles. The lowest BCUT2D eigenvalue weighted by atomic mass is 9.87. The van der Waals surface area contributed by atoms with Crippen molar-refractivity contribution in [2.75, 3.05) is 0 Å². The molecule has 0 spiro atoms. The summed E-state index contributed by atoms with van der Waals surface area (Å²) in [5.74, 6) is -0.688. The summed E-state index contributed by atoms with van der Waals surface area (Å²) in [4.78, 5) is 34.9. The van der Waals surface area contributed by atoms with Crippen LogP contribution < -0.4 is 10.4 Å². The van der Waals surface area contributed by atoms with Crippen LogP contribution in [0.15, 0.2) is 33.5 Å². The van der Waals surface area contributed by atoms with Crippen LogP contribution in [0.3, 0.4) is 0 Å². The Morgan fingerprint density at radius 2 is 1.68 bits per heavy atom. The van der Waals surface area contributed by atoms with E-state index in [1.54, 1.807) is 32.0 Å². The molecule has 132 valence electrons. The monoisotopic (exact) mass is 346 g/mol. The predicted molar refractivity (Wildman–Crippen MR) is 87.3 cm³/mol. The quantitative estimate of drug-likeness (QED) is 0.609. The number of carbonyl (C=O) groups excluding carboxylic acids is 2. The molecule has 0 N–H and O–H groups in total. The van der Waals surface area contributed by atoms with E-state index >= 15 is 0 Å². The van der Waals surface area contributed by atoms with Crippen molar-refractivity contribution in [2.24, 2.45) is 0 Å². The van der Waals surface area contributed by atoms with Crippen molar-refractivity contribution in [2.45, 2.75) is 45.5 Å². The normalized spacial score (nSPS) is 21.1. The molecule has 2 atom stereocenters. The van der Waals surface area contributed by atoms with Gasteiger partial charge in [0, 0.05) is 25.3 Å². The van der Waals surface area contributed by atoms with Gasteiger partial charge in [-0.3, -0.25) is 9.59 Å². The molecule has 7 nitrogen and oxygen atoms in total. The Labute approximate surface area is 143 Å². The minimum Gasteiger partial charge on any atom is -0.483 e. The molecule has 0 amide bonds. The molecular formula is C18H18O7. The fourth-order valence-corrected chi connectivity index (χ4v) is 3.03. The molecule has 0 saturated heterocycles. The second kappa shape index (κ2) is 5.91.